The minimum Gasteiger partial charge on any atom is -0.465 e. The zero-order chi connectivity index (χ0) is 22.2. The molecule has 0 radical (unpaired) electrons. The molecule has 1 aliphatic rings. The largest absolute Gasteiger partial charge is 0.465 e. The van der Waals surface area contributed by atoms with Crippen LogP contribution in [0.4, 0.5) is 5.00 Å². The lowest BCUT2D eigenvalue weighted by atomic mass is 10.0. The van der Waals surface area contributed by atoms with Crippen LogP contribution < -0.4 is 10.9 Å². The third kappa shape index (κ3) is 3.48. The van der Waals surface area contributed by atoms with Crippen molar-refractivity contribution in [2.24, 2.45) is 0 Å². The van der Waals surface area contributed by atoms with Gasteiger partial charge in [0.05, 0.1) is 12.7 Å². The maximum absolute atomic E-state index is 13.2. The third-order valence-electron chi connectivity index (χ3n) is 5.96. The first-order valence-corrected chi connectivity index (χ1v) is 11.4. The summed E-state index contributed by atoms with van der Waals surface area (Å²) in [5, 5.41) is 14.4. The van der Waals surface area contributed by atoms with Gasteiger partial charge in [-0.2, -0.15) is 0 Å². The SMILES string of the molecule is COC(=O)c1c(NC(=O)c2cc3c(ccc4ccccc43)oc2=N)sc2c1CCCCC2. The van der Waals surface area contributed by atoms with Crippen molar-refractivity contribution in [1.29, 1.82) is 5.41 Å². The third-order valence-corrected chi connectivity index (χ3v) is 7.17. The first-order chi connectivity index (χ1) is 15.6. The molecule has 0 saturated heterocycles. The molecular weight excluding hydrogens is 424 g/mol. The molecule has 32 heavy (non-hydrogen) atoms. The second-order valence-corrected chi connectivity index (χ2v) is 9.01. The number of aryl methyl sites for hydroxylation is 1. The van der Waals surface area contributed by atoms with Gasteiger partial charge >= 0.3 is 5.97 Å². The smallest absolute Gasteiger partial charge is 0.341 e. The van der Waals surface area contributed by atoms with Crippen LogP contribution in [0.3, 0.4) is 0 Å². The maximum atomic E-state index is 13.2. The number of fused-ring (bicyclic) bond motifs is 4. The van der Waals surface area contributed by atoms with Crippen molar-refractivity contribution >= 4 is 50.0 Å². The minimum absolute atomic E-state index is 0.119. The van der Waals surface area contributed by atoms with E-state index in [9.17, 15) is 9.59 Å². The molecule has 162 valence electrons. The van der Waals surface area contributed by atoms with E-state index in [0.29, 0.717) is 16.1 Å². The van der Waals surface area contributed by atoms with Crippen LogP contribution in [0.2, 0.25) is 0 Å². The number of hydrogen-bond donors (Lipinski definition) is 2. The van der Waals surface area contributed by atoms with Gasteiger partial charge in [0.1, 0.15) is 16.1 Å². The highest BCUT2D eigenvalue weighted by molar-refractivity contribution is 7.17. The van der Waals surface area contributed by atoms with Crippen LogP contribution in [0.15, 0.2) is 46.9 Å². The van der Waals surface area contributed by atoms with Crippen molar-refractivity contribution in [3.8, 4) is 0 Å². The normalized spacial score (nSPS) is 13.5. The first-order valence-electron chi connectivity index (χ1n) is 10.6. The molecule has 0 bridgehead atoms. The highest BCUT2D eigenvalue weighted by Gasteiger charge is 2.27. The predicted molar refractivity (Wildman–Crippen MR) is 124 cm³/mol. The number of nitrogens with one attached hydrogen (secondary N) is 2. The van der Waals surface area contributed by atoms with Gasteiger partial charge in [0, 0.05) is 10.3 Å². The Morgan fingerprint density at radius 3 is 2.72 bits per heavy atom. The zero-order valence-electron chi connectivity index (χ0n) is 17.6. The Hall–Kier alpha value is -3.45. The molecule has 2 aromatic heterocycles. The summed E-state index contributed by atoms with van der Waals surface area (Å²) in [4.78, 5) is 26.9. The monoisotopic (exact) mass is 446 g/mol. The average molecular weight is 447 g/mol. The highest BCUT2D eigenvalue weighted by Crippen LogP contribution is 2.38. The van der Waals surface area contributed by atoms with Gasteiger partial charge in [-0.05, 0) is 54.2 Å². The van der Waals surface area contributed by atoms with Gasteiger partial charge in [-0.25, -0.2) is 4.79 Å². The number of rotatable bonds is 3. The minimum atomic E-state index is -0.477. The number of ether oxygens (including phenoxy) is 1. The van der Waals surface area contributed by atoms with Crippen LogP contribution in [-0.2, 0) is 17.6 Å². The van der Waals surface area contributed by atoms with Crippen LogP contribution in [-0.4, -0.2) is 19.0 Å². The van der Waals surface area contributed by atoms with E-state index in [1.807, 2.05) is 36.4 Å². The summed E-state index contributed by atoms with van der Waals surface area (Å²) in [6.45, 7) is 0. The van der Waals surface area contributed by atoms with Crippen molar-refractivity contribution in [3.05, 3.63) is 69.6 Å². The van der Waals surface area contributed by atoms with Gasteiger partial charge in [0.15, 0.2) is 0 Å². The molecule has 0 fully saturated rings. The van der Waals surface area contributed by atoms with E-state index in [1.165, 1.54) is 18.4 Å². The summed E-state index contributed by atoms with van der Waals surface area (Å²) in [5.74, 6) is -0.921. The lowest BCUT2D eigenvalue weighted by molar-refractivity contribution is 0.0601. The van der Waals surface area contributed by atoms with E-state index in [1.54, 1.807) is 6.07 Å². The molecule has 0 spiro atoms. The second-order valence-electron chi connectivity index (χ2n) is 7.90. The molecule has 5 rings (SSSR count). The van der Waals surface area contributed by atoms with Gasteiger partial charge in [0.2, 0.25) is 5.55 Å². The van der Waals surface area contributed by atoms with Gasteiger partial charge in [0.25, 0.3) is 5.91 Å². The number of carbonyl (C=O) groups is 2. The molecule has 0 unspecified atom stereocenters. The van der Waals surface area contributed by atoms with Crippen molar-refractivity contribution in [1.82, 2.24) is 0 Å². The fourth-order valence-corrected chi connectivity index (χ4v) is 5.65. The molecule has 0 aliphatic heterocycles. The Kier molecular flexibility index (Phi) is 5.27. The number of thiophene rings is 1. The molecule has 1 aliphatic carbocycles. The van der Waals surface area contributed by atoms with Gasteiger partial charge in [-0.1, -0.05) is 36.8 Å². The van der Waals surface area contributed by atoms with E-state index >= 15 is 0 Å². The summed E-state index contributed by atoms with van der Waals surface area (Å²) >= 11 is 1.43. The van der Waals surface area contributed by atoms with Gasteiger partial charge in [-0.3, -0.25) is 10.2 Å². The summed E-state index contributed by atoms with van der Waals surface area (Å²) < 4.78 is 10.7. The molecule has 0 saturated carbocycles. The van der Waals surface area contributed by atoms with Crippen molar-refractivity contribution < 1.29 is 18.7 Å². The average Bonchev–Trinajstić information content (AvgIpc) is 2.97. The standard InChI is InChI=1S/C25H22N2O4S/c1-30-25(29)21-16-9-3-2-4-10-20(16)32-24(21)27-23(28)18-13-17-15-8-6-5-7-14(15)11-12-19(17)31-22(18)26/h5-8,11-13,26H,2-4,9-10H2,1H3,(H,27,28). The van der Waals surface area contributed by atoms with Crippen molar-refractivity contribution in [3.63, 3.8) is 0 Å². The lowest BCUT2D eigenvalue weighted by Gasteiger charge is -2.09. The number of anilines is 1. The van der Waals surface area contributed by atoms with Crippen LogP contribution in [0.25, 0.3) is 21.7 Å². The van der Waals surface area contributed by atoms with E-state index in [-0.39, 0.29) is 11.1 Å². The van der Waals surface area contributed by atoms with E-state index < -0.39 is 11.9 Å². The fourth-order valence-electron chi connectivity index (χ4n) is 4.38. The van der Waals surface area contributed by atoms with Gasteiger partial charge < -0.3 is 14.5 Å². The Balaban J connectivity index is 1.58. The number of benzene rings is 2. The Morgan fingerprint density at radius 1 is 1.06 bits per heavy atom. The summed E-state index contributed by atoms with van der Waals surface area (Å²) in [6.07, 6.45) is 4.88. The van der Waals surface area contributed by atoms with Crippen LogP contribution >= 0.6 is 11.3 Å². The van der Waals surface area contributed by atoms with Crippen molar-refractivity contribution in [2.75, 3.05) is 12.4 Å². The summed E-state index contributed by atoms with van der Waals surface area (Å²) in [5.41, 5.74) is 1.87. The molecule has 0 atom stereocenters. The fraction of sp³-hybridized carbons (Fsp3) is 0.240. The van der Waals surface area contributed by atoms with Crippen molar-refractivity contribution in [2.45, 2.75) is 32.1 Å². The number of carbonyl (C=O) groups excluding carboxylic acids is 2. The lowest BCUT2D eigenvalue weighted by Crippen LogP contribution is -2.21. The second kappa shape index (κ2) is 8.24. The topological polar surface area (TPSA) is 92.4 Å². The van der Waals surface area contributed by atoms with Gasteiger partial charge in [-0.15, -0.1) is 11.3 Å². The Labute approximate surface area is 188 Å². The first kappa shape index (κ1) is 20.5. The molecule has 4 aromatic rings. The number of hydrogen-bond acceptors (Lipinski definition) is 6. The summed E-state index contributed by atoms with van der Waals surface area (Å²) in [7, 11) is 1.35. The van der Waals surface area contributed by atoms with Crippen LogP contribution in [0.1, 0.15) is 50.4 Å². The number of esters is 1. The van der Waals surface area contributed by atoms with E-state index in [4.69, 9.17) is 14.6 Å². The maximum Gasteiger partial charge on any atom is 0.341 e. The zero-order valence-corrected chi connectivity index (χ0v) is 18.4. The van der Waals surface area contributed by atoms with E-state index in [2.05, 4.69) is 5.32 Å². The Bertz CT molecular complexity index is 1430. The molecule has 6 nitrogen and oxygen atoms in total. The quantitative estimate of drug-likeness (QED) is 0.249. The highest BCUT2D eigenvalue weighted by atomic mass is 32.1. The van der Waals surface area contributed by atoms with Crippen LogP contribution in [0.5, 0.6) is 0 Å². The Morgan fingerprint density at radius 2 is 1.88 bits per heavy atom. The molecule has 2 aromatic carbocycles. The molecule has 7 heteroatoms. The number of methoxy groups -OCH3 is 1. The van der Waals surface area contributed by atoms with E-state index in [0.717, 1.165) is 58.7 Å². The summed E-state index contributed by atoms with van der Waals surface area (Å²) in [6, 6.07) is 13.3. The number of amides is 1. The van der Waals surface area contributed by atoms with Crippen LogP contribution in [0, 0.1) is 5.41 Å². The molecule has 1 amide bonds. The molecular formula is C25H22N2O4S. The molecule has 2 heterocycles. The predicted octanol–water partition coefficient (Wildman–Crippen LogP) is 5.43. The molecule has 2 N–H and O–H groups in total.